The van der Waals surface area contributed by atoms with E-state index in [0.29, 0.717) is 11.3 Å². The van der Waals surface area contributed by atoms with Crippen molar-refractivity contribution in [1.29, 1.82) is 0 Å². The molecule has 0 aliphatic heterocycles. The Bertz CT molecular complexity index is 665. The number of Topliss-reactive ketones (excluding diaryl/α,β-unsaturated/α-hetero) is 1. The van der Waals surface area contributed by atoms with Crippen LogP contribution in [0.3, 0.4) is 0 Å². The summed E-state index contributed by atoms with van der Waals surface area (Å²) in [5, 5.41) is 11.9. The molecule has 0 radical (unpaired) electrons. The molecular weight excluding hydrogens is 278 g/mol. The van der Waals surface area contributed by atoms with Crippen LogP contribution < -0.4 is 5.32 Å². The molecule has 2 aromatic carbocycles. The Hall–Kier alpha value is -2.46. The largest absolute Gasteiger partial charge is 0.392 e. The second-order valence-electron chi connectivity index (χ2n) is 5.14. The zero-order valence-corrected chi connectivity index (χ0v) is 12.5. The Morgan fingerprint density at radius 1 is 1.05 bits per heavy atom. The summed E-state index contributed by atoms with van der Waals surface area (Å²) in [6.07, 6.45) is 0.311. The van der Waals surface area contributed by atoms with Crippen molar-refractivity contribution in [3.05, 3.63) is 65.2 Å². The van der Waals surface area contributed by atoms with E-state index in [-0.39, 0.29) is 31.1 Å². The molecule has 0 atom stereocenters. The fourth-order valence-electron chi connectivity index (χ4n) is 2.11. The molecule has 1 amide bonds. The number of ketones is 1. The number of rotatable bonds is 6. The molecule has 0 aliphatic carbocycles. The van der Waals surface area contributed by atoms with Crippen LogP contribution in [-0.2, 0) is 11.4 Å². The number of nitrogens with one attached hydrogen (secondary N) is 1. The minimum absolute atomic E-state index is 0.0448. The van der Waals surface area contributed by atoms with Crippen LogP contribution in [0.15, 0.2) is 48.5 Å². The fourth-order valence-corrected chi connectivity index (χ4v) is 2.11. The number of anilines is 1. The summed E-state index contributed by atoms with van der Waals surface area (Å²) in [6, 6.07) is 14.3. The molecule has 0 saturated heterocycles. The topological polar surface area (TPSA) is 66.4 Å². The minimum atomic E-state index is -0.206. The Morgan fingerprint density at radius 2 is 1.77 bits per heavy atom. The van der Waals surface area contributed by atoms with Gasteiger partial charge in [-0.1, -0.05) is 42.5 Å². The average Bonchev–Trinajstić information content (AvgIpc) is 2.55. The van der Waals surface area contributed by atoms with E-state index in [1.54, 1.807) is 30.3 Å². The number of aliphatic hydroxyl groups excluding tert-OH is 1. The zero-order chi connectivity index (χ0) is 15.9. The molecule has 0 heterocycles. The van der Waals surface area contributed by atoms with E-state index in [2.05, 4.69) is 5.32 Å². The summed E-state index contributed by atoms with van der Waals surface area (Å²) < 4.78 is 0. The van der Waals surface area contributed by atoms with Crippen molar-refractivity contribution in [3.8, 4) is 0 Å². The normalized spacial score (nSPS) is 10.3. The lowest BCUT2D eigenvalue weighted by molar-refractivity contribution is -0.116. The van der Waals surface area contributed by atoms with Crippen molar-refractivity contribution in [2.45, 2.75) is 26.4 Å². The molecule has 0 aromatic heterocycles. The van der Waals surface area contributed by atoms with Gasteiger partial charge in [0, 0.05) is 24.1 Å². The summed E-state index contributed by atoms with van der Waals surface area (Å²) >= 11 is 0. The van der Waals surface area contributed by atoms with Gasteiger partial charge in [0.25, 0.3) is 0 Å². The molecule has 2 N–H and O–H groups in total. The third kappa shape index (κ3) is 4.27. The molecule has 0 aliphatic rings. The molecule has 0 bridgehead atoms. The number of hydrogen-bond acceptors (Lipinski definition) is 3. The fraction of sp³-hybridized carbons (Fsp3) is 0.222. The second-order valence-corrected chi connectivity index (χ2v) is 5.14. The van der Waals surface area contributed by atoms with Crippen molar-refractivity contribution < 1.29 is 14.7 Å². The third-order valence-electron chi connectivity index (χ3n) is 3.43. The van der Waals surface area contributed by atoms with Crippen LogP contribution in [-0.4, -0.2) is 16.8 Å². The number of benzene rings is 2. The van der Waals surface area contributed by atoms with Gasteiger partial charge in [0.05, 0.1) is 6.61 Å². The first-order valence-corrected chi connectivity index (χ1v) is 7.18. The highest BCUT2D eigenvalue weighted by Gasteiger charge is 2.10. The first-order valence-electron chi connectivity index (χ1n) is 7.18. The first-order chi connectivity index (χ1) is 10.6. The minimum Gasteiger partial charge on any atom is -0.392 e. The van der Waals surface area contributed by atoms with E-state index < -0.39 is 0 Å². The molecule has 0 spiro atoms. The van der Waals surface area contributed by atoms with E-state index >= 15 is 0 Å². The SMILES string of the molecule is Cc1ccc(CO)cc1NC(=O)CCC(=O)c1ccccc1. The number of aryl methyl sites for hydroxylation is 1. The van der Waals surface area contributed by atoms with Crippen LogP contribution in [0, 0.1) is 6.92 Å². The number of carbonyl (C=O) groups is 2. The Kier molecular flexibility index (Phi) is 5.44. The monoisotopic (exact) mass is 297 g/mol. The summed E-state index contributed by atoms with van der Waals surface area (Å²) in [4.78, 5) is 23.9. The van der Waals surface area contributed by atoms with Crippen LogP contribution in [0.2, 0.25) is 0 Å². The highest BCUT2D eigenvalue weighted by Crippen LogP contribution is 2.17. The lowest BCUT2D eigenvalue weighted by Gasteiger charge is -2.09. The molecule has 4 nitrogen and oxygen atoms in total. The summed E-state index contributed by atoms with van der Waals surface area (Å²) in [6.45, 7) is 1.81. The van der Waals surface area contributed by atoms with Gasteiger partial charge in [-0.3, -0.25) is 9.59 Å². The highest BCUT2D eigenvalue weighted by atomic mass is 16.3. The second kappa shape index (κ2) is 7.52. The van der Waals surface area contributed by atoms with Gasteiger partial charge in [-0.15, -0.1) is 0 Å². The van der Waals surface area contributed by atoms with Crippen molar-refractivity contribution in [1.82, 2.24) is 0 Å². The molecule has 114 valence electrons. The van der Waals surface area contributed by atoms with Crippen molar-refractivity contribution in [3.63, 3.8) is 0 Å². The molecule has 0 saturated carbocycles. The average molecular weight is 297 g/mol. The van der Waals surface area contributed by atoms with E-state index in [0.717, 1.165) is 11.1 Å². The van der Waals surface area contributed by atoms with Crippen LogP contribution in [0.4, 0.5) is 5.69 Å². The number of amides is 1. The first kappa shape index (κ1) is 15.9. The highest BCUT2D eigenvalue weighted by molar-refractivity contribution is 6.00. The van der Waals surface area contributed by atoms with Gasteiger partial charge in [-0.25, -0.2) is 0 Å². The van der Waals surface area contributed by atoms with E-state index in [1.165, 1.54) is 0 Å². The number of hydrogen-bond donors (Lipinski definition) is 2. The van der Waals surface area contributed by atoms with Crippen molar-refractivity contribution in [2.75, 3.05) is 5.32 Å². The van der Waals surface area contributed by atoms with Gasteiger partial charge in [0.15, 0.2) is 5.78 Å². The predicted molar refractivity (Wildman–Crippen MR) is 85.7 cm³/mol. The molecule has 0 unspecified atom stereocenters. The van der Waals surface area contributed by atoms with Crippen LogP contribution in [0.25, 0.3) is 0 Å². The Morgan fingerprint density at radius 3 is 2.45 bits per heavy atom. The standard InChI is InChI=1S/C18H19NO3/c1-13-7-8-14(12-20)11-16(13)19-18(22)10-9-17(21)15-5-3-2-4-6-15/h2-8,11,20H,9-10,12H2,1H3,(H,19,22). The van der Waals surface area contributed by atoms with Gasteiger partial charge in [-0.2, -0.15) is 0 Å². The van der Waals surface area contributed by atoms with Gasteiger partial charge in [-0.05, 0) is 24.1 Å². The summed E-state index contributed by atoms with van der Waals surface area (Å²) in [7, 11) is 0. The summed E-state index contributed by atoms with van der Waals surface area (Å²) in [5.74, 6) is -0.251. The molecule has 2 rings (SSSR count). The van der Waals surface area contributed by atoms with Crippen LogP contribution >= 0.6 is 0 Å². The van der Waals surface area contributed by atoms with Crippen LogP contribution in [0.1, 0.15) is 34.3 Å². The van der Waals surface area contributed by atoms with Crippen molar-refractivity contribution >= 4 is 17.4 Å². The maximum Gasteiger partial charge on any atom is 0.224 e. The lowest BCUT2D eigenvalue weighted by atomic mass is 10.1. The van der Waals surface area contributed by atoms with Crippen LogP contribution in [0.5, 0.6) is 0 Å². The maximum atomic E-state index is 12.0. The van der Waals surface area contributed by atoms with Gasteiger partial charge < -0.3 is 10.4 Å². The zero-order valence-electron chi connectivity index (χ0n) is 12.5. The Balaban J connectivity index is 1.92. The molecule has 2 aromatic rings. The Labute approximate surface area is 129 Å². The molecule has 22 heavy (non-hydrogen) atoms. The smallest absolute Gasteiger partial charge is 0.224 e. The number of aliphatic hydroxyl groups is 1. The van der Waals surface area contributed by atoms with E-state index in [9.17, 15) is 9.59 Å². The quantitative estimate of drug-likeness (QED) is 0.805. The van der Waals surface area contributed by atoms with E-state index in [1.807, 2.05) is 25.1 Å². The third-order valence-corrected chi connectivity index (χ3v) is 3.43. The maximum absolute atomic E-state index is 12.0. The van der Waals surface area contributed by atoms with Gasteiger partial charge >= 0.3 is 0 Å². The predicted octanol–water partition coefficient (Wildman–Crippen LogP) is 3.09. The molecular formula is C18H19NO3. The number of carbonyl (C=O) groups excluding carboxylic acids is 2. The van der Waals surface area contributed by atoms with E-state index in [4.69, 9.17) is 5.11 Å². The molecule has 0 fully saturated rings. The van der Waals surface area contributed by atoms with Crippen molar-refractivity contribution in [2.24, 2.45) is 0 Å². The van der Waals surface area contributed by atoms with Gasteiger partial charge in [0.2, 0.25) is 5.91 Å². The van der Waals surface area contributed by atoms with Gasteiger partial charge in [0.1, 0.15) is 0 Å². The molecule has 4 heteroatoms. The summed E-state index contributed by atoms with van der Waals surface area (Å²) in [5.41, 5.74) is 2.94. The lowest BCUT2D eigenvalue weighted by Crippen LogP contribution is -2.14.